The summed E-state index contributed by atoms with van der Waals surface area (Å²) < 4.78 is 0. The van der Waals surface area contributed by atoms with Gasteiger partial charge in [-0.15, -0.1) is 0 Å². The molecule has 0 bridgehead atoms. The molecule has 5 heteroatoms. The Morgan fingerprint density at radius 3 is 2.89 bits per heavy atom. The minimum atomic E-state index is 0.847. The molecule has 1 aliphatic heterocycles. The molecule has 0 saturated heterocycles. The third kappa shape index (κ3) is 3.87. The van der Waals surface area contributed by atoms with Crippen molar-refractivity contribution in [1.29, 1.82) is 0 Å². The van der Waals surface area contributed by atoms with E-state index in [2.05, 4.69) is 73.8 Å². The van der Waals surface area contributed by atoms with Gasteiger partial charge >= 0.3 is 0 Å². The Hall–Kier alpha value is -3.08. The molecule has 0 fully saturated rings. The van der Waals surface area contributed by atoms with Crippen LogP contribution in [0.4, 0.5) is 0 Å². The number of hydrogen-bond donors (Lipinski definition) is 2. The molecule has 3 heterocycles. The third-order valence-corrected chi connectivity index (χ3v) is 5.08. The number of hydrogen-bond acceptors (Lipinski definition) is 2. The molecule has 2 aromatic heterocycles. The summed E-state index contributed by atoms with van der Waals surface area (Å²) in [7, 11) is 1.86. The number of nitrogens with one attached hydrogen (secondary N) is 2. The predicted molar refractivity (Wildman–Crippen MR) is 112 cm³/mol. The SMILES string of the molecule is CN=C(NCCc1c[nH]c2ncccc12)N1CC=C(c2ccccc2)CC1. The molecule has 0 aliphatic carbocycles. The zero-order valence-corrected chi connectivity index (χ0v) is 15.7. The smallest absolute Gasteiger partial charge is 0.193 e. The van der Waals surface area contributed by atoms with Crippen molar-refractivity contribution < 1.29 is 0 Å². The topological polar surface area (TPSA) is 56.3 Å². The average Bonchev–Trinajstić information content (AvgIpc) is 3.15. The molecule has 0 saturated carbocycles. The number of aromatic amines is 1. The van der Waals surface area contributed by atoms with Gasteiger partial charge in [0.15, 0.2) is 5.96 Å². The highest BCUT2D eigenvalue weighted by atomic mass is 15.3. The van der Waals surface area contributed by atoms with Crippen molar-refractivity contribution in [3.05, 3.63) is 72.1 Å². The van der Waals surface area contributed by atoms with Crippen LogP contribution in [0.5, 0.6) is 0 Å². The molecular weight excluding hydrogens is 334 g/mol. The fraction of sp³-hybridized carbons (Fsp3) is 0.273. The molecule has 138 valence electrons. The molecule has 1 aromatic carbocycles. The summed E-state index contributed by atoms with van der Waals surface area (Å²) in [6.45, 7) is 2.72. The molecular formula is C22H25N5. The molecule has 0 unspecified atom stereocenters. The minimum absolute atomic E-state index is 0.847. The van der Waals surface area contributed by atoms with Crippen LogP contribution in [-0.4, -0.2) is 47.5 Å². The zero-order chi connectivity index (χ0) is 18.5. The van der Waals surface area contributed by atoms with Crippen LogP contribution in [0, 0.1) is 0 Å². The molecule has 1 aliphatic rings. The Bertz CT molecular complexity index is 955. The Labute approximate surface area is 159 Å². The number of fused-ring (bicyclic) bond motifs is 1. The van der Waals surface area contributed by atoms with E-state index in [0.29, 0.717) is 0 Å². The summed E-state index contributed by atoms with van der Waals surface area (Å²) in [5, 5.41) is 4.71. The number of H-pyrrole nitrogens is 1. The molecule has 27 heavy (non-hydrogen) atoms. The van der Waals surface area contributed by atoms with Crippen molar-refractivity contribution in [2.75, 3.05) is 26.7 Å². The van der Waals surface area contributed by atoms with E-state index in [-0.39, 0.29) is 0 Å². The number of aromatic nitrogens is 2. The second-order valence-corrected chi connectivity index (χ2v) is 6.73. The van der Waals surface area contributed by atoms with Crippen LogP contribution in [0.1, 0.15) is 17.5 Å². The normalized spacial score (nSPS) is 15.1. The first kappa shape index (κ1) is 17.3. The lowest BCUT2D eigenvalue weighted by Crippen LogP contribution is -2.44. The number of pyridine rings is 1. The monoisotopic (exact) mass is 359 g/mol. The van der Waals surface area contributed by atoms with E-state index in [1.54, 1.807) is 0 Å². The van der Waals surface area contributed by atoms with Crippen LogP contribution in [0.25, 0.3) is 16.6 Å². The minimum Gasteiger partial charge on any atom is -0.356 e. The zero-order valence-electron chi connectivity index (χ0n) is 15.7. The van der Waals surface area contributed by atoms with Crippen LogP contribution < -0.4 is 5.32 Å². The number of nitrogens with zero attached hydrogens (tertiary/aromatic N) is 3. The van der Waals surface area contributed by atoms with Gasteiger partial charge in [-0.2, -0.15) is 0 Å². The molecule has 2 N–H and O–H groups in total. The molecule has 0 spiro atoms. The summed E-state index contributed by atoms with van der Waals surface area (Å²) in [5.74, 6) is 0.969. The van der Waals surface area contributed by atoms with Crippen LogP contribution in [-0.2, 0) is 6.42 Å². The molecule has 3 aromatic rings. The Morgan fingerprint density at radius 1 is 1.22 bits per heavy atom. The Kier molecular flexibility index (Phi) is 5.19. The first-order valence-corrected chi connectivity index (χ1v) is 9.46. The fourth-order valence-electron chi connectivity index (χ4n) is 3.64. The van der Waals surface area contributed by atoms with Gasteiger partial charge in [0.25, 0.3) is 0 Å². The maximum Gasteiger partial charge on any atom is 0.193 e. The second kappa shape index (κ2) is 8.08. The summed E-state index contributed by atoms with van der Waals surface area (Å²) in [5.41, 5.74) is 4.99. The fourth-order valence-corrected chi connectivity index (χ4v) is 3.64. The van der Waals surface area contributed by atoms with E-state index < -0.39 is 0 Å². The quantitative estimate of drug-likeness (QED) is 0.554. The molecule has 0 radical (unpaired) electrons. The Morgan fingerprint density at radius 2 is 2.11 bits per heavy atom. The number of guanidine groups is 1. The van der Waals surface area contributed by atoms with E-state index in [1.165, 1.54) is 22.1 Å². The molecule has 0 amide bonds. The van der Waals surface area contributed by atoms with Crippen LogP contribution in [0.3, 0.4) is 0 Å². The standard InChI is InChI=1S/C22H25N5/c1-23-22(25-13-9-19-16-26-21-20(19)8-5-12-24-21)27-14-10-18(11-15-27)17-6-3-2-4-7-17/h2-8,10,12,16H,9,11,13-15H2,1H3,(H,23,25)(H,24,26). The van der Waals surface area contributed by atoms with E-state index in [4.69, 9.17) is 0 Å². The average molecular weight is 359 g/mol. The van der Waals surface area contributed by atoms with Gasteiger partial charge in [0.2, 0.25) is 0 Å². The molecule has 0 atom stereocenters. The molecule has 4 rings (SSSR count). The number of rotatable bonds is 4. The predicted octanol–water partition coefficient (Wildman–Crippen LogP) is 3.47. The second-order valence-electron chi connectivity index (χ2n) is 6.73. The summed E-state index contributed by atoms with van der Waals surface area (Å²) in [6, 6.07) is 14.7. The van der Waals surface area contributed by atoms with Crippen LogP contribution in [0.15, 0.2) is 65.9 Å². The lowest BCUT2D eigenvalue weighted by Gasteiger charge is -2.29. The van der Waals surface area contributed by atoms with E-state index in [0.717, 1.165) is 44.1 Å². The first-order valence-electron chi connectivity index (χ1n) is 9.46. The van der Waals surface area contributed by atoms with Gasteiger partial charge in [-0.25, -0.2) is 4.98 Å². The van der Waals surface area contributed by atoms with Gasteiger partial charge < -0.3 is 15.2 Å². The van der Waals surface area contributed by atoms with Crippen molar-refractivity contribution in [2.24, 2.45) is 4.99 Å². The summed E-state index contributed by atoms with van der Waals surface area (Å²) >= 11 is 0. The highest BCUT2D eigenvalue weighted by molar-refractivity contribution is 5.82. The van der Waals surface area contributed by atoms with Crippen LogP contribution in [0.2, 0.25) is 0 Å². The van der Waals surface area contributed by atoms with Crippen molar-refractivity contribution in [1.82, 2.24) is 20.2 Å². The van der Waals surface area contributed by atoms with Crippen LogP contribution >= 0.6 is 0 Å². The van der Waals surface area contributed by atoms with Crippen molar-refractivity contribution in [2.45, 2.75) is 12.8 Å². The van der Waals surface area contributed by atoms with Gasteiger partial charge in [-0.1, -0.05) is 36.4 Å². The van der Waals surface area contributed by atoms with Crippen molar-refractivity contribution in [3.8, 4) is 0 Å². The third-order valence-electron chi connectivity index (χ3n) is 5.08. The van der Waals surface area contributed by atoms with Gasteiger partial charge in [0.1, 0.15) is 5.65 Å². The van der Waals surface area contributed by atoms with E-state index in [9.17, 15) is 0 Å². The van der Waals surface area contributed by atoms with E-state index in [1.807, 2.05) is 19.3 Å². The number of aliphatic imine (C=N–C) groups is 1. The van der Waals surface area contributed by atoms with Gasteiger partial charge in [0, 0.05) is 44.5 Å². The first-order chi connectivity index (χ1) is 13.3. The van der Waals surface area contributed by atoms with Gasteiger partial charge in [-0.3, -0.25) is 4.99 Å². The summed E-state index contributed by atoms with van der Waals surface area (Å²) in [4.78, 5) is 14.4. The largest absolute Gasteiger partial charge is 0.356 e. The highest BCUT2D eigenvalue weighted by Gasteiger charge is 2.16. The maximum absolute atomic E-state index is 4.47. The van der Waals surface area contributed by atoms with E-state index >= 15 is 0 Å². The maximum atomic E-state index is 4.47. The molecule has 5 nitrogen and oxygen atoms in total. The highest BCUT2D eigenvalue weighted by Crippen LogP contribution is 2.22. The lowest BCUT2D eigenvalue weighted by molar-refractivity contribution is 0.440. The number of benzene rings is 1. The summed E-state index contributed by atoms with van der Waals surface area (Å²) in [6.07, 6.45) is 8.16. The lowest BCUT2D eigenvalue weighted by atomic mass is 10.00. The Balaban J connectivity index is 1.34. The van der Waals surface area contributed by atoms with Crippen molar-refractivity contribution in [3.63, 3.8) is 0 Å². The van der Waals surface area contributed by atoms with Gasteiger partial charge in [-0.05, 0) is 41.7 Å². The van der Waals surface area contributed by atoms with Crippen molar-refractivity contribution >= 4 is 22.6 Å². The van der Waals surface area contributed by atoms with Gasteiger partial charge in [0.05, 0.1) is 0 Å².